The van der Waals surface area contributed by atoms with Crippen molar-refractivity contribution in [3.63, 3.8) is 0 Å². The highest BCUT2D eigenvalue weighted by Crippen LogP contribution is 2.40. The van der Waals surface area contributed by atoms with Gasteiger partial charge < -0.3 is 9.47 Å². The van der Waals surface area contributed by atoms with E-state index in [9.17, 15) is 9.59 Å². The molecule has 1 aliphatic rings. The summed E-state index contributed by atoms with van der Waals surface area (Å²) in [4.78, 5) is 25.5. The molecule has 6 nitrogen and oxygen atoms in total. The number of esters is 2. The molecule has 0 aliphatic carbocycles. The Kier molecular flexibility index (Phi) is 5.54. The maximum absolute atomic E-state index is 12.7. The lowest BCUT2D eigenvalue weighted by atomic mass is 9.78. The molecule has 122 valence electrons. The van der Waals surface area contributed by atoms with Crippen molar-refractivity contribution in [3.8, 4) is 0 Å². The zero-order valence-corrected chi connectivity index (χ0v) is 14.4. The third kappa shape index (κ3) is 3.01. The van der Waals surface area contributed by atoms with Gasteiger partial charge in [0.05, 0.1) is 13.2 Å². The Balaban J connectivity index is 2.64. The molecule has 7 heteroatoms. The third-order valence-corrected chi connectivity index (χ3v) is 4.12. The maximum atomic E-state index is 12.7. The van der Waals surface area contributed by atoms with Crippen molar-refractivity contribution in [2.75, 3.05) is 13.2 Å². The number of rotatable bonds is 5. The SMILES string of the molecule is CCOC(=O)C1(C(=O)OCC)C(Br)=CNN=C1c1ccccc1. The number of hydrazone groups is 1. The van der Waals surface area contributed by atoms with Crippen molar-refractivity contribution >= 4 is 33.6 Å². The van der Waals surface area contributed by atoms with Crippen LogP contribution < -0.4 is 5.43 Å². The fourth-order valence-corrected chi connectivity index (χ4v) is 2.90. The molecule has 1 aromatic rings. The Labute approximate surface area is 142 Å². The van der Waals surface area contributed by atoms with Crippen LogP contribution in [-0.2, 0) is 19.1 Å². The molecule has 0 radical (unpaired) electrons. The van der Waals surface area contributed by atoms with E-state index in [0.717, 1.165) is 0 Å². The first-order valence-corrected chi connectivity index (χ1v) is 7.98. The topological polar surface area (TPSA) is 77.0 Å². The first-order valence-electron chi connectivity index (χ1n) is 7.18. The van der Waals surface area contributed by atoms with E-state index in [1.807, 2.05) is 6.07 Å². The minimum absolute atomic E-state index is 0.135. The van der Waals surface area contributed by atoms with E-state index in [4.69, 9.17) is 9.47 Å². The number of nitrogens with zero attached hydrogens (tertiary/aromatic N) is 1. The second-order valence-electron chi connectivity index (χ2n) is 4.64. The smallest absolute Gasteiger partial charge is 0.335 e. The molecule has 0 amide bonds. The summed E-state index contributed by atoms with van der Waals surface area (Å²) >= 11 is 3.31. The van der Waals surface area contributed by atoms with Gasteiger partial charge in [-0.3, -0.25) is 5.43 Å². The minimum atomic E-state index is -1.78. The molecule has 2 rings (SSSR count). The molecule has 0 bridgehead atoms. The van der Waals surface area contributed by atoms with Crippen molar-refractivity contribution < 1.29 is 19.1 Å². The number of nitrogens with one attached hydrogen (secondary N) is 1. The molecule has 23 heavy (non-hydrogen) atoms. The summed E-state index contributed by atoms with van der Waals surface area (Å²) in [5, 5.41) is 4.17. The monoisotopic (exact) mass is 380 g/mol. The van der Waals surface area contributed by atoms with Crippen LogP contribution in [0.15, 0.2) is 46.1 Å². The maximum Gasteiger partial charge on any atom is 0.335 e. The molecular weight excluding hydrogens is 364 g/mol. The van der Waals surface area contributed by atoms with Crippen molar-refractivity contribution in [1.82, 2.24) is 5.43 Å². The molecular formula is C16H17BrN2O4. The summed E-state index contributed by atoms with van der Waals surface area (Å²) in [6.45, 7) is 3.62. The van der Waals surface area contributed by atoms with Crippen molar-refractivity contribution in [2.45, 2.75) is 13.8 Å². The summed E-state index contributed by atoms with van der Waals surface area (Å²) in [6.07, 6.45) is 1.43. The summed E-state index contributed by atoms with van der Waals surface area (Å²) in [7, 11) is 0. The van der Waals surface area contributed by atoms with E-state index in [-0.39, 0.29) is 23.4 Å². The van der Waals surface area contributed by atoms with Gasteiger partial charge in [-0.15, -0.1) is 0 Å². The molecule has 0 saturated heterocycles. The Morgan fingerprint density at radius 2 is 1.70 bits per heavy atom. The Morgan fingerprint density at radius 1 is 1.13 bits per heavy atom. The second kappa shape index (κ2) is 7.41. The highest BCUT2D eigenvalue weighted by Gasteiger charge is 2.57. The highest BCUT2D eigenvalue weighted by atomic mass is 79.9. The quantitative estimate of drug-likeness (QED) is 0.626. The van der Waals surface area contributed by atoms with E-state index in [2.05, 4.69) is 26.5 Å². The van der Waals surface area contributed by atoms with Crippen LogP contribution in [-0.4, -0.2) is 30.9 Å². The van der Waals surface area contributed by atoms with E-state index >= 15 is 0 Å². The molecule has 0 atom stereocenters. The van der Waals surface area contributed by atoms with Crippen LogP contribution in [0.5, 0.6) is 0 Å². The van der Waals surface area contributed by atoms with Crippen LogP contribution >= 0.6 is 15.9 Å². The summed E-state index contributed by atoms with van der Waals surface area (Å²) in [5.41, 5.74) is 1.76. The summed E-state index contributed by atoms with van der Waals surface area (Å²) < 4.78 is 10.6. The Morgan fingerprint density at radius 3 is 2.22 bits per heavy atom. The largest absolute Gasteiger partial charge is 0.465 e. The summed E-state index contributed by atoms with van der Waals surface area (Å²) in [5.74, 6) is -1.46. The van der Waals surface area contributed by atoms with E-state index in [0.29, 0.717) is 5.56 Å². The number of hydrogen-bond acceptors (Lipinski definition) is 6. The first kappa shape index (κ1) is 17.2. The summed E-state index contributed by atoms with van der Waals surface area (Å²) in [6, 6.07) is 8.95. The fraction of sp³-hybridized carbons (Fsp3) is 0.312. The van der Waals surface area contributed by atoms with E-state index in [1.54, 1.807) is 38.1 Å². The van der Waals surface area contributed by atoms with Crippen LogP contribution in [0.25, 0.3) is 0 Å². The molecule has 0 saturated carbocycles. The zero-order chi connectivity index (χ0) is 16.9. The van der Waals surface area contributed by atoms with Crippen molar-refractivity contribution in [2.24, 2.45) is 10.5 Å². The minimum Gasteiger partial charge on any atom is -0.465 e. The number of benzene rings is 1. The van der Waals surface area contributed by atoms with Gasteiger partial charge in [0.15, 0.2) is 0 Å². The van der Waals surface area contributed by atoms with Gasteiger partial charge in [0, 0.05) is 10.7 Å². The zero-order valence-electron chi connectivity index (χ0n) is 12.8. The van der Waals surface area contributed by atoms with Crippen LogP contribution in [0.3, 0.4) is 0 Å². The molecule has 0 spiro atoms. The third-order valence-electron chi connectivity index (χ3n) is 3.29. The molecule has 1 heterocycles. The van der Waals surface area contributed by atoms with E-state index in [1.165, 1.54) is 6.20 Å². The van der Waals surface area contributed by atoms with Gasteiger partial charge in [-0.2, -0.15) is 5.10 Å². The number of carbonyl (C=O) groups excluding carboxylic acids is 2. The molecule has 1 N–H and O–H groups in total. The molecule has 0 unspecified atom stereocenters. The predicted molar refractivity (Wildman–Crippen MR) is 88.8 cm³/mol. The van der Waals surface area contributed by atoms with Crippen molar-refractivity contribution in [3.05, 3.63) is 46.6 Å². The first-order chi connectivity index (χ1) is 11.1. The number of halogens is 1. The van der Waals surface area contributed by atoms with Gasteiger partial charge in [0.2, 0.25) is 5.41 Å². The highest BCUT2D eigenvalue weighted by molar-refractivity contribution is 9.11. The fourth-order valence-electron chi connectivity index (χ4n) is 2.29. The molecule has 0 aromatic heterocycles. The van der Waals surface area contributed by atoms with Gasteiger partial charge in [0.25, 0.3) is 0 Å². The van der Waals surface area contributed by atoms with Crippen LogP contribution in [0.4, 0.5) is 0 Å². The van der Waals surface area contributed by atoms with Crippen molar-refractivity contribution in [1.29, 1.82) is 0 Å². The van der Waals surface area contributed by atoms with Crippen LogP contribution in [0, 0.1) is 5.41 Å². The van der Waals surface area contributed by atoms with Gasteiger partial charge in [-0.25, -0.2) is 9.59 Å². The van der Waals surface area contributed by atoms with Crippen LogP contribution in [0.2, 0.25) is 0 Å². The molecule has 1 aliphatic heterocycles. The molecule has 0 fully saturated rings. The van der Waals surface area contributed by atoms with Gasteiger partial charge in [-0.1, -0.05) is 46.3 Å². The lowest BCUT2D eigenvalue weighted by Gasteiger charge is -2.32. The van der Waals surface area contributed by atoms with Gasteiger partial charge in [-0.05, 0) is 19.4 Å². The normalized spacial score (nSPS) is 15.8. The van der Waals surface area contributed by atoms with E-state index < -0.39 is 17.4 Å². The second-order valence-corrected chi connectivity index (χ2v) is 5.49. The Bertz CT molecular complexity index is 637. The number of ether oxygens (including phenoxy) is 2. The predicted octanol–water partition coefficient (Wildman–Crippen LogP) is 2.34. The molecule has 1 aromatic carbocycles. The standard InChI is InChI=1S/C16H17BrN2O4/c1-3-22-14(20)16(15(21)23-4-2)12(17)10-18-19-13(16)11-8-6-5-7-9-11/h5-10,18H,3-4H2,1-2H3. The average Bonchev–Trinajstić information content (AvgIpc) is 2.55. The number of hydrogen-bond donors (Lipinski definition) is 1. The lowest BCUT2D eigenvalue weighted by molar-refractivity contribution is -0.163. The number of carbonyl (C=O) groups is 2. The van der Waals surface area contributed by atoms with Gasteiger partial charge in [0.1, 0.15) is 5.71 Å². The lowest BCUT2D eigenvalue weighted by Crippen LogP contribution is -2.51. The van der Waals surface area contributed by atoms with Gasteiger partial charge >= 0.3 is 11.9 Å². The Hall–Kier alpha value is -2.15. The van der Waals surface area contributed by atoms with Crippen LogP contribution in [0.1, 0.15) is 19.4 Å². The average molecular weight is 381 g/mol.